The Bertz CT molecular complexity index is 693. The maximum Gasteiger partial charge on any atom is 0.242 e. The molecule has 5 nitrogen and oxygen atoms in total. The molecule has 2 rings (SSSR count). The fourth-order valence-corrected chi connectivity index (χ4v) is 3.61. The number of aromatic nitrogens is 1. The lowest BCUT2D eigenvalue weighted by Crippen LogP contribution is -2.28. The standard InChI is InChI=1S/C15H20N2O3S/c1-3-15(12-7-5-4-6-8-12)16-21(19,20)14-9-13(11-18)17(2)10-14/h4-10,15-16,18H,3,11H2,1-2H3. The third-order valence-electron chi connectivity index (χ3n) is 3.46. The number of aryl methyl sites for hydroxylation is 1. The maximum absolute atomic E-state index is 12.5. The summed E-state index contributed by atoms with van der Waals surface area (Å²) < 4.78 is 29.2. The molecule has 0 aliphatic heterocycles. The SMILES string of the molecule is CCC(NS(=O)(=O)c1cc(CO)n(C)c1)c1ccccc1. The van der Waals surface area contributed by atoms with Crippen LogP contribution in [-0.4, -0.2) is 18.1 Å². The quantitative estimate of drug-likeness (QED) is 0.857. The maximum atomic E-state index is 12.5. The molecule has 0 fully saturated rings. The highest BCUT2D eigenvalue weighted by molar-refractivity contribution is 7.89. The van der Waals surface area contributed by atoms with E-state index in [-0.39, 0.29) is 17.5 Å². The van der Waals surface area contributed by atoms with Gasteiger partial charge in [-0.3, -0.25) is 0 Å². The number of hydrogen-bond acceptors (Lipinski definition) is 3. The van der Waals surface area contributed by atoms with Gasteiger partial charge in [-0.15, -0.1) is 0 Å². The van der Waals surface area contributed by atoms with Crippen molar-refractivity contribution in [2.75, 3.05) is 0 Å². The van der Waals surface area contributed by atoms with Gasteiger partial charge in [0.05, 0.1) is 11.5 Å². The number of aliphatic hydroxyl groups is 1. The largest absolute Gasteiger partial charge is 0.390 e. The Labute approximate surface area is 125 Å². The van der Waals surface area contributed by atoms with E-state index in [1.807, 2.05) is 37.3 Å². The number of benzene rings is 1. The van der Waals surface area contributed by atoms with E-state index in [9.17, 15) is 8.42 Å². The second-order valence-electron chi connectivity index (χ2n) is 4.93. The number of sulfonamides is 1. The van der Waals surface area contributed by atoms with Crippen LogP contribution in [0.1, 0.15) is 30.6 Å². The molecule has 0 radical (unpaired) electrons. The third kappa shape index (κ3) is 3.53. The van der Waals surface area contributed by atoms with Crippen molar-refractivity contribution < 1.29 is 13.5 Å². The molecule has 6 heteroatoms. The summed E-state index contributed by atoms with van der Waals surface area (Å²) in [5.41, 5.74) is 1.49. The Morgan fingerprint density at radius 2 is 1.95 bits per heavy atom. The minimum Gasteiger partial charge on any atom is -0.390 e. The van der Waals surface area contributed by atoms with Crippen molar-refractivity contribution in [1.82, 2.24) is 9.29 Å². The van der Waals surface area contributed by atoms with Gasteiger partial charge in [-0.1, -0.05) is 37.3 Å². The van der Waals surface area contributed by atoms with Crippen molar-refractivity contribution >= 4 is 10.0 Å². The van der Waals surface area contributed by atoms with Gasteiger partial charge in [0.25, 0.3) is 0 Å². The van der Waals surface area contributed by atoms with E-state index in [1.54, 1.807) is 11.6 Å². The Kier molecular flexibility index (Phi) is 4.82. The molecule has 1 heterocycles. The van der Waals surface area contributed by atoms with Gasteiger partial charge in [-0.25, -0.2) is 13.1 Å². The van der Waals surface area contributed by atoms with E-state index >= 15 is 0 Å². The van der Waals surface area contributed by atoms with Crippen LogP contribution in [0.5, 0.6) is 0 Å². The fraction of sp³-hybridized carbons (Fsp3) is 0.333. The van der Waals surface area contributed by atoms with E-state index < -0.39 is 10.0 Å². The van der Waals surface area contributed by atoms with Crippen molar-refractivity contribution in [2.24, 2.45) is 7.05 Å². The van der Waals surface area contributed by atoms with Gasteiger partial charge in [0.2, 0.25) is 10.0 Å². The van der Waals surface area contributed by atoms with Crippen LogP contribution in [0.4, 0.5) is 0 Å². The molecule has 0 spiro atoms. The van der Waals surface area contributed by atoms with Gasteiger partial charge in [-0.2, -0.15) is 0 Å². The molecule has 0 saturated heterocycles. The normalized spacial score (nSPS) is 13.3. The van der Waals surface area contributed by atoms with Crippen LogP contribution in [-0.2, 0) is 23.7 Å². The minimum absolute atomic E-state index is 0.170. The molecule has 0 aliphatic carbocycles. The lowest BCUT2D eigenvalue weighted by atomic mass is 10.1. The Morgan fingerprint density at radius 3 is 2.48 bits per heavy atom. The second kappa shape index (κ2) is 6.43. The van der Waals surface area contributed by atoms with E-state index in [2.05, 4.69) is 4.72 Å². The molecule has 0 amide bonds. The zero-order chi connectivity index (χ0) is 15.5. The summed E-state index contributed by atoms with van der Waals surface area (Å²) in [5, 5.41) is 9.17. The Hall–Kier alpha value is -1.63. The van der Waals surface area contributed by atoms with Crippen molar-refractivity contribution in [3.05, 3.63) is 53.9 Å². The van der Waals surface area contributed by atoms with Gasteiger partial charge in [0, 0.05) is 25.0 Å². The molecule has 21 heavy (non-hydrogen) atoms. The highest BCUT2D eigenvalue weighted by Crippen LogP contribution is 2.21. The van der Waals surface area contributed by atoms with Crippen LogP contribution < -0.4 is 4.72 Å². The highest BCUT2D eigenvalue weighted by atomic mass is 32.2. The summed E-state index contributed by atoms with van der Waals surface area (Å²) >= 11 is 0. The molecule has 114 valence electrons. The first-order chi connectivity index (χ1) is 9.97. The number of nitrogens with zero attached hydrogens (tertiary/aromatic N) is 1. The monoisotopic (exact) mass is 308 g/mol. The summed E-state index contributed by atoms with van der Waals surface area (Å²) in [6, 6.07) is 10.7. The molecule has 1 aromatic heterocycles. The molecule has 2 aromatic rings. The zero-order valence-electron chi connectivity index (χ0n) is 12.2. The molecule has 1 unspecified atom stereocenters. The zero-order valence-corrected chi connectivity index (χ0v) is 13.0. The first-order valence-electron chi connectivity index (χ1n) is 6.81. The topological polar surface area (TPSA) is 71.3 Å². The lowest BCUT2D eigenvalue weighted by molar-refractivity contribution is 0.272. The molecule has 0 aliphatic rings. The molecule has 0 bridgehead atoms. The van der Waals surface area contributed by atoms with Crippen LogP contribution in [0.3, 0.4) is 0 Å². The van der Waals surface area contributed by atoms with Gasteiger partial charge in [0.15, 0.2) is 0 Å². The predicted octanol–water partition coefficient (Wildman–Crippen LogP) is 1.95. The average Bonchev–Trinajstić information content (AvgIpc) is 2.87. The Balaban J connectivity index is 2.27. The summed E-state index contributed by atoms with van der Waals surface area (Å²) in [5.74, 6) is 0. The lowest BCUT2D eigenvalue weighted by Gasteiger charge is -2.17. The van der Waals surface area contributed by atoms with Crippen molar-refractivity contribution in [1.29, 1.82) is 0 Å². The summed E-state index contributed by atoms with van der Waals surface area (Å²) in [7, 11) is -1.91. The first kappa shape index (κ1) is 15.8. The van der Waals surface area contributed by atoms with Crippen LogP contribution in [0, 0.1) is 0 Å². The van der Waals surface area contributed by atoms with Crippen LogP contribution in [0.2, 0.25) is 0 Å². The van der Waals surface area contributed by atoms with Crippen LogP contribution in [0.25, 0.3) is 0 Å². The predicted molar refractivity (Wildman–Crippen MR) is 81.1 cm³/mol. The van der Waals surface area contributed by atoms with Crippen molar-refractivity contribution in [3.63, 3.8) is 0 Å². The summed E-state index contributed by atoms with van der Waals surface area (Å²) in [4.78, 5) is 0.170. The molecular formula is C15H20N2O3S. The molecule has 1 atom stereocenters. The van der Waals surface area contributed by atoms with Crippen LogP contribution >= 0.6 is 0 Å². The van der Waals surface area contributed by atoms with E-state index in [1.165, 1.54) is 12.3 Å². The molecular weight excluding hydrogens is 288 g/mol. The average molecular weight is 308 g/mol. The van der Waals surface area contributed by atoms with Gasteiger partial charge in [0.1, 0.15) is 0 Å². The highest BCUT2D eigenvalue weighted by Gasteiger charge is 2.22. The number of aliphatic hydroxyl groups excluding tert-OH is 1. The van der Waals surface area contributed by atoms with Crippen LogP contribution in [0.15, 0.2) is 47.5 Å². The first-order valence-corrected chi connectivity index (χ1v) is 8.29. The van der Waals surface area contributed by atoms with Gasteiger partial charge in [-0.05, 0) is 18.1 Å². The van der Waals surface area contributed by atoms with E-state index in [0.717, 1.165) is 5.56 Å². The van der Waals surface area contributed by atoms with Gasteiger partial charge >= 0.3 is 0 Å². The van der Waals surface area contributed by atoms with Gasteiger partial charge < -0.3 is 9.67 Å². The molecule has 2 N–H and O–H groups in total. The number of nitrogens with one attached hydrogen (secondary N) is 1. The minimum atomic E-state index is -3.61. The Morgan fingerprint density at radius 1 is 1.29 bits per heavy atom. The van der Waals surface area contributed by atoms with E-state index in [0.29, 0.717) is 12.1 Å². The molecule has 0 saturated carbocycles. The van der Waals surface area contributed by atoms with Crippen molar-refractivity contribution in [3.8, 4) is 0 Å². The summed E-state index contributed by atoms with van der Waals surface area (Å²) in [6.07, 6.45) is 2.16. The number of hydrogen-bond donors (Lipinski definition) is 2. The fourth-order valence-electron chi connectivity index (χ4n) is 2.21. The smallest absolute Gasteiger partial charge is 0.242 e. The van der Waals surface area contributed by atoms with Crippen molar-refractivity contribution in [2.45, 2.75) is 30.9 Å². The second-order valence-corrected chi connectivity index (χ2v) is 6.64. The number of rotatable bonds is 6. The van der Waals surface area contributed by atoms with E-state index in [4.69, 9.17) is 5.11 Å². The summed E-state index contributed by atoms with van der Waals surface area (Å²) in [6.45, 7) is 1.74. The third-order valence-corrected chi connectivity index (χ3v) is 4.90. The molecule has 1 aromatic carbocycles.